The number of ether oxygens (including phenoxy) is 1. The Labute approximate surface area is 188 Å². The number of hydrogen-bond acceptors (Lipinski definition) is 3. The SMILES string of the molecule is CCn1c2ccccc2c2cc(CN3CCN(C(=O)COc4ccccc4)CC3)ccc21. The third-order valence-corrected chi connectivity index (χ3v) is 6.39. The average Bonchev–Trinajstić information content (AvgIpc) is 3.16. The van der Waals surface area contributed by atoms with E-state index in [0.29, 0.717) is 0 Å². The van der Waals surface area contributed by atoms with Crippen LogP contribution in [-0.2, 0) is 17.9 Å². The lowest BCUT2D eigenvalue weighted by atomic mass is 10.1. The summed E-state index contributed by atoms with van der Waals surface area (Å²) in [6.45, 7) is 7.42. The van der Waals surface area contributed by atoms with Crippen molar-refractivity contribution in [3.8, 4) is 5.75 Å². The van der Waals surface area contributed by atoms with Gasteiger partial charge in [-0.1, -0.05) is 42.5 Å². The molecule has 0 atom stereocenters. The van der Waals surface area contributed by atoms with Crippen LogP contribution in [0.15, 0.2) is 72.8 Å². The molecule has 5 nitrogen and oxygen atoms in total. The highest BCUT2D eigenvalue weighted by Gasteiger charge is 2.21. The van der Waals surface area contributed by atoms with Crippen molar-refractivity contribution >= 4 is 27.7 Å². The smallest absolute Gasteiger partial charge is 0.260 e. The third-order valence-electron chi connectivity index (χ3n) is 6.39. The number of aryl methyl sites for hydroxylation is 1. The van der Waals surface area contributed by atoms with E-state index in [-0.39, 0.29) is 12.5 Å². The molecule has 1 saturated heterocycles. The molecule has 1 aliphatic heterocycles. The molecule has 2 heterocycles. The number of para-hydroxylation sites is 2. The highest BCUT2D eigenvalue weighted by atomic mass is 16.5. The van der Waals surface area contributed by atoms with E-state index in [9.17, 15) is 4.79 Å². The summed E-state index contributed by atoms with van der Waals surface area (Å²) < 4.78 is 8.01. The molecular weight excluding hydrogens is 398 g/mol. The molecule has 1 aliphatic rings. The quantitative estimate of drug-likeness (QED) is 0.454. The lowest BCUT2D eigenvalue weighted by Crippen LogP contribution is -2.49. The van der Waals surface area contributed by atoms with Gasteiger partial charge in [-0.3, -0.25) is 9.69 Å². The van der Waals surface area contributed by atoms with E-state index >= 15 is 0 Å². The first-order valence-corrected chi connectivity index (χ1v) is 11.4. The summed E-state index contributed by atoms with van der Waals surface area (Å²) in [6, 6.07) is 25.0. The molecule has 0 saturated carbocycles. The van der Waals surface area contributed by atoms with Crippen LogP contribution >= 0.6 is 0 Å². The van der Waals surface area contributed by atoms with Gasteiger partial charge in [-0.2, -0.15) is 0 Å². The molecule has 1 fully saturated rings. The van der Waals surface area contributed by atoms with Gasteiger partial charge in [0, 0.05) is 61.1 Å². The summed E-state index contributed by atoms with van der Waals surface area (Å²) in [5.74, 6) is 0.793. The van der Waals surface area contributed by atoms with Crippen LogP contribution in [0.1, 0.15) is 12.5 Å². The molecule has 32 heavy (non-hydrogen) atoms. The Morgan fingerprint density at radius 3 is 2.34 bits per heavy atom. The van der Waals surface area contributed by atoms with Crippen LogP contribution < -0.4 is 4.74 Å². The molecule has 0 unspecified atom stereocenters. The van der Waals surface area contributed by atoms with E-state index in [4.69, 9.17) is 4.74 Å². The molecule has 0 N–H and O–H groups in total. The van der Waals surface area contributed by atoms with Crippen molar-refractivity contribution in [1.29, 1.82) is 0 Å². The molecule has 0 aliphatic carbocycles. The minimum atomic E-state index is 0.0577. The van der Waals surface area contributed by atoms with E-state index in [1.165, 1.54) is 27.4 Å². The molecule has 0 spiro atoms. The number of rotatable bonds is 6. The van der Waals surface area contributed by atoms with Crippen LogP contribution in [0.5, 0.6) is 5.75 Å². The van der Waals surface area contributed by atoms with E-state index in [2.05, 4.69) is 58.9 Å². The number of aromatic nitrogens is 1. The van der Waals surface area contributed by atoms with Gasteiger partial charge in [0.1, 0.15) is 5.75 Å². The first-order valence-electron chi connectivity index (χ1n) is 11.4. The van der Waals surface area contributed by atoms with Gasteiger partial charge in [0.25, 0.3) is 5.91 Å². The van der Waals surface area contributed by atoms with E-state index in [1.54, 1.807) is 0 Å². The van der Waals surface area contributed by atoms with Gasteiger partial charge < -0.3 is 14.2 Å². The van der Waals surface area contributed by atoms with Gasteiger partial charge in [0.15, 0.2) is 6.61 Å². The average molecular weight is 428 g/mol. The van der Waals surface area contributed by atoms with Crippen LogP contribution in [0.4, 0.5) is 0 Å². The summed E-state index contributed by atoms with van der Waals surface area (Å²) in [4.78, 5) is 16.9. The summed E-state index contributed by atoms with van der Waals surface area (Å²) >= 11 is 0. The number of nitrogens with zero attached hydrogens (tertiary/aromatic N) is 3. The normalized spacial score (nSPS) is 14.8. The van der Waals surface area contributed by atoms with E-state index in [0.717, 1.165) is 45.0 Å². The Morgan fingerprint density at radius 2 is 1.56 bits per heavy atom. The van der Waals surface area contributed by atoms with E-state index in [1.807, 2.05) is 35.2 Å². The third kappa shape index (κ3) is 4.08. The zero-order valence-electron chi connectivity index (χ0n) is 18.5. The molecule has 1 amide bonds. The summed E-state index contributed by atoms with van der Waals surface area (Å²) in [6.07, 6.45) is 0. The standard InChI is InChI=1S/C27H29N3O2/c1-2-30-25-11-7-6-10-23(25)24-18-21(12-13-26(24)30)19-28-14-16-29(17-15-28)27(31)20-32-22-8-4-3-5-9-22/h3-13,18H,2,14-17,19-20H2,1H3. The van der Waals surface area contributed by atoms with Crippen LogP contribution in [0.25, 0.3) is 21.8 Å². The summed E-state index contributed by atoms with van der Waals surface area (Å²) in [5, 5.41) is 2.65. The Morgan fingerprint density at radius 1 is 0.844 bits per heavy atom. The molecule has 0 bridgehead atoms. The van der Waals surface area contributed by atoms with Crippen molar-refractivity contribution < 1.29 is 9.53 Å². The predicted molar refractivity (Wildman–Crippen MR) is 129 cm³/mol. The van der Waals surface area contributed by atoms with Gasteiger partial charge in [-0.25, -0.2) is 0 Å². The van der Waals surface area contributed by atoms with Crippen LogP contribution in [0.2, 0.25) is 0 Å². The number of amides is 1. The fraction of sp³-hybridized carbons (Fsp3) is 0.296. The molecule has 5 heteroatoms. The first-order chi connectivity index (χ1) is 15.7. The second kappa shape index (κ2) is 9.05. The number of carbonyl (C=O) groups excluding carboxylic acids is 1. The molecule has 4 aromatic rings. The van der Waals surface area contributed by atoms with Crippen molar-refractivity contribution in [3.05, 3.63) is 78.4 Å². The van der Waals surface area contributed by atoms with Gasteiger partial charge in [0.05, 0.1) is 0 Å². The molecule has 3 aromatic carbocycles. The Kier molecular flexibility index (Phi) is 5.82. The number of hydrogen-bond donors (Lipinski definition) is 0. The van der Waals surface area contributed by atoms with Crippen molar-refractivity contribution in [1.82, 2.24) is 14.4 Å². The van der Waals surface area contributed by atoms with Crippen LogP contribution in [-0.4, -0.2) is 53.1 Å². The van der Waals surface area contributed by atoms with Crippen molar-refractivity contribution in [3.63, 3.8) is 0 Å². The topological polar surface area (TPSA) is 37.7 Å². The Balaban J connectivity index is 1.21. The summed E-state index contributed by atoms with van der Waals surface area (Å²) in [5.41, 5.74) is 3.92. The maximum absolute atomic E-state index is 12.5. The monoisotopic (exact) mass is 427 g/mol. The Bertz CT molecular complexity index is 1220. The van der Waals surface area contributed by atoms with Crippen molar-refractivity contribution in [2.45, 2.75) is 20.0 Å². The molecule has 5 rings (SSSR count). The number of benzene rings is 3. The lowest BCUT2D eigenvalue weighted by molar-refractivity contribution is -0.135. The minimum absolute atomic E-state index is 0.0577. The van der Waals surface area contributed by atoms with Crippen molar-refractivity contribution in [2.24, 2.45) is 0 Å². The highest BCUT2D eigenvalue weighted by Crippen LogP contribution is 2.30. The molecule has 164 valence electrons. The van der Waals surface area contributed by atoms with Crippen molar-refractivity contribution in [2.75, 3.05) is 32.8 Å². The minimum Gasteiger partial charge on any atom is -0.484 e. The van der Waals surface area contributed by atoms with E-state index < -0.39 is 0 Å². The Hall–Kier alpha value is -3.31. The maximum Gasteiger partial charge on any atom is 0.260 e. The second-order valence-electron chi connectivity index (χ2n) is 8.37. The molecule has 0 radical (unpaired) electrons. The second-order valence-corrected chi connectivity index (χ2v) is 8.37. The number of carbonyl (C=O) groups is 1. The van der Waals surface area contributed by atoms with Crippen LogP contribution in [0.3, 0.4) is 0 Å². The van der Waals surface area contributed by atoms with Gasteiger partial charge >= 0.3 is 0 Å². The number of fused-ring (bicyclic) bond motifs is 3. The maximum atomic E-state index is 12.5. The zero-order valence-corrected chi connectivity index (χ0v) is 18.5. The lowest BCUT2D eigenvalue weighted by Gasteiger charge is -2.34. The fourth-order valence-corrected chi connectivity index (χ4v) is 4.71. The largest absolute Gasteiger partial charge is 0.484 e. The zero-order chi connectivity index (χ0) is 21.9. The first kappa shape index (κ1) is 20.6. The van der Waals surface area contributed by atoms with Gasteiger partial charge in [-0.15, -0.1) is 0 Å². The summed E-state index contributed by atoms with van der Waals surface area (Å²) in [7, 11) is 0. The van der Waals surface area contributed by atoms with Crippen LogP contribution in [0, 0.1) is 0 Å². The highest BCUT2D eigenvalue weighted by molar-refractivity contribution is 6.08. The molecular formula is C27H29N3O2. The fourth-order valence-electron chi connectivity index (χ4n) is 4.71. The predicted octanol–water partition coefficient (Wildman–Crippen LogP) is 4.54. The van der Waals surface area contributed by atoms with Gasteiger partial charge in [0.2, 0.25) is 0 Å². The van der Waals surface area contributed by atoms with Gasteiger partial charge in [-0.05, 0) is 42.8 Å². The number of piperazine rings is 1. The molecule has 1 aromatic heterocycles.